The van der Waals surface area contributed by atoms with E-state index in [0.717, 1.165) is 4.31 Å². The summed E-state index contributed by atoms with van der Waals surface area (Å²) in [5, 5.41) is 0.193. The van der Waals surface area contributed by atoms with Gasteiger partial charge in [-0.15, -0.1) is 0 Å². The molecule has 0 saturated heterocycles. The molecular formula is C24H24ClNO6S. The van der Waals surface area contributed by atoms with Crippen LogP contribution in [0.3, 0.4) is 0 Å². The van der Waals surface area contributed by atoms with E-state index in [9.17, 15) is 13.2 Å². The van der Waals surface area contributed by atoms with Gasteiger partial charge in [0.05, 0.1) is 36.4 Å². The van der Waals surface area contributed by atoms with Crippen LogP contribution >= 0.6 is 11.6 Å². The highest BCUT2D eigenvalue weighted by molar-refractivity contribution is 7.93. The number of sulfonamides is 1. The Morgan fingerprint density at radius 1 is 0.909 bits per heavy atom. The predicted octanol–water partition coefficient (Wildman–Crippen LogP) is 4.94. The Balaban J connectivity index is 1.78. The molecule has 0 heterocycles. The number of ether oxygens (including phenoxy) is 3. The van der Waals surface area contributed by atoms with Crippen molar-refractivity contribution in [1.29, 1.82) is 0 Å². The van der Waals surface area contributed by atoms with Gasteiger partial charge in [0.25, 0.3) is 10.0 Å². The smallest absolute Gasteiger partial charge is 0.270 e. The van der Waals surface area contributed by atoms with Crippen molar-refractivity contribution in [3.05, 3.63) is 77.8 Å². The summed E-state index contributed by atoms with van der Waals surface area (Å²) in [6, 6.07) is 19.2. The first-order valence-corrected chi connectivity index (χ1v) is 11.9. The van der Waals surface area contributed by atoms with Crippen LogP contribution in [-0.2, 0) is 14.8 Å². The lowest BCUT2D eigenvalue weighted by molar-refractivity contribution is -0.117. The van der Waals surface area contributed by atoms with Crippen molar-refractivity contribution in [2.75, 3.05) is 25.1 Å². The van der Waals surface area contributed by atoms with Crippen molar-refractivity contribution in [3.63, 3.8) is 0 Å². The Morgan fingerprint density at radius 2 is 1.58 bits per heavy atom. The number of carbonyl (C=O) groups is 1. The highest BCUT2D eigenvalue weighted by atomic mass is 35.5. The molecule has 3 aromatic carbocycles. The largest absolute Gasteiger partial charge is 0.497 e. The fourth-order valence-corrected chi connectivity index (χ4v) is 4.80. The molecule has 7 nitrogen and oxygen atoms in total. The molecule has 0 radical (unpaired) electrons. The number of carbonyl (C=O) groups excluding carboxylic acids is 1. The van der Waals surface area contributed by atoms with E-state index in [2.05, 4.69) is 0 Å². The quantitative estimate of drug-likeness (QED) is 0.375. The molecule has 0 spiro atoms. The monoisotopic (exact) mass is 489 g/mol. The first kappa shape index (κ1) is 24.4. The third-order valence-corrected chi connectivity index (χ3v) is 6.80. The molecule has 0 aliphatic heterocycles. The average molecular weight is 490 g/mol. The Labute approximate surface area is 198 Å². The molecule has 3 aromatic rings. The van der Waals surface area contributed by atoms with Gasteiger partial charge in [-0.05, 0) is 61.0 Å². The topological polar surface area (TPSA) is 82.1 Å². The van der Waals surface area contributed by atoms with Gasteiger partial charge in [0.2, 0.25) is 5.91 Å². The predicted molar refractivity (Wildman–Crippen MR) is 127 cm³/mol. The van der Waals surface area contributed by atoms with Gasteiger partial charge in [-0.25, -0.2) is 12.7 Å². The van der Waals surface area contributed by atoms with Crippen LogP contribution in [0, 0.1) is 0 Å². The molecule has 0 unspecified atom stereocenters. The first-order valence-electron chi connectivity index (χ1n) is 10.1. The van der Waals surface area contributed by atoms with Gasteiger partial charge in [-0.3, -0.25) is 4.79 Å². The summed E-state index contributed by atoms with van der Waals surface area (Å²) in [7, 11) is -1.13. The summed E-state index contributed by atoms with van der Waals surface area (Å²) in [6.07, 6.45) is 0.265. The van der Waals surface area contributed by atoms with Crippen molar-refractivity contribution in [2.45, 2.75) is 17.7 Å². The number of methoxy groups -OCH3 is 2. The first-order chi connectivity index (χ1) is 15.9. The molecule has 0 saturated carbocycles. The number of amides is 1. The molecule has 0 aromatic heterocycles. The summed E-state index contributed by atoms with van der Waals surface area (Å²) in [5.41, 5.74) is 0.130. The minimum atomic E-state index is -4.16. The van der Waals surface area contributed by atoms with E-state index in [-0.39, 0.29) is 28.6 Å². The fourth-order valence-electron chi connectivity index (χ4n) is 3.08. The maximum Gasteiger partial charge on any atom is 0.270 e. The minimum absolute atomic E-state index is 0.000210. The molecule has 1 amide bonds. The van der Waals surface area contributed by atoms with Crippen molar-refractivity contribution >= 4 is 33.2 Å². The van der Waals surface area contributed by atoms with E-state index in [1.54, 1.807) is 49.6 Å². The summed E-state index contributed by atoms with van der Waals surface area (Å²) in [4.78, 5) is 13.1. The number of hydrogen-bond acceptors (Lipinski definition) is 6. The zero-order chi connectivity index (χ0) is 23.8. The summed E-state index contributed by atoms with van der Waals surface area (Å²) >= 11 is 6.20. The van der Waals surface area contributed by atoms with Crippen molar-refractivity contribution in [1.82, 2.24) is 0 Å². The fraction of sp³-hybridized carbons (Fsp3) is 0.208. The van der Waals surface area contributed by atoms with Gasteiger partial charge in [-0.1, -0.05) is 29.8 Å². The molecule has 9 heteroatoms. The molecule has 0 aliphatic rings. The van der Waals surface area contributed by atoms with Crippen LogP contribution in [0.2, 0.25) is 5.02 Å². The minimum Gasteiger partial charge on any atom is -0.497 e. The third-order valence-electron chi connectivity index (χ3n) is 4.74. The second-order valence-corrected chi connectivity index (χ2v) is 9.12. The summed E-state index contributed by atoms with van der Waals surface area (Å²) in [5.74, 6) is 1.10. The van der Waals surface area contributed by atoms with Gasteiger partial charge in [0.15, 0.2) is 0 Å². The number of benzene rings is 3. The molecule has 0 bridgehead atoms. The molecule has 0 fully saturated rings. The highest BCUT2D eigenvalue weighted by Crippen LogP contribution is 2.32. The molecule has 0 aliphatic carbocycles. The van der Waals surface area contributed by atoms with E-state index in [4.69, 9.17) is 25.8 Å². The van der Waals surface area contributed by atoms with E-state index in [0.29, 0.717) is 23.7 Å². The van der Waals surface area contributed by atoms with Crippen LogP contribution in [-0.4, -0.2) is 35.2 Å². The van der Waals surface area contributed by atoms with Crippen molar-refractivity contribution in [2.24, 2.45) is 0 Å². The normalized spacial score (nSPS) is 11.0. The number of halogens is 1. The van der Waals surface area contributed by atoms with Gasteiger partial charge >= 0.3 is 0 Å². The maximum absolute atomic E-state index is 13.3. The van der Waals surface area contributed by atoms with E-state index < -0.39 is 15.9 Å². The second kappa shape index (κ2) is 11.1. The van der Waals surface area contributed by atoms with Crippen LogP contribution in [0.1, 0.15) is 12.8 Å². The lowest BCUT2D eigenvalue weighted by atomic mass is 10.2. The average Bonchev–Trinajstić information content (AvgIpc) is 2.83. The molecular weight excluding hydrogens is 466 g/mol. The van der Waals surface area contributed by atoms with Crippen LogP contribution in [0.25, 0.3) is 0 Å². The molecule has 33 heavy (non-hydrogen) atoms. The van der Waals surface area contributed by atoms with E-state index >= 15 is 0 Å². The molecule has 3 rings (SSSR count). The van der Waals surface area contributed by atoms with Gasteiger partial charge in [0.1, 0.15) is 17.2 Å². The Morgan fingerprint density at radius 3 is 2.18 bits per heavy atom. The lowest BCUT2D eigenvalue weighted by Crippen LogP contribution is -2.37. The zero-order valence-electron chi connectivity index (χ0n) is 18.2. The van der Waals surface area contributed by atoms with E-state index in [1.807, 2.05) is 0 Å². The lowest BCUT2D eigenvalue weighted by Gasteiger charge is -2.23. The van der Waals surface area contributed by atoms with Gasteiger partial charge in [-0.2, -0.15) is 0 Å². The van der Waals surface area contributed by atoms with Crippen LogP contribution in [0.5, 0.6) is 17.2 Å². The number of nitrogens with zero attached hydrogens (tertiary/aromatic N) is 1. The molecule has 0 atom stereocenters. The molecule has 174 valence electrons. The summed E-state index contributed by atoms with van der Waals surface area (Å²) in [6.45, 7) is 0.237. The molecule has 0 N–H and O–H groups in total. The second-order valence-electron chi connectivity index (χ2n) is 6.92. The Hall–Kier alpha value is -3.23. The summed E-state index contributed by atoms with van der Waals surface area (Å²) < 4.78 is 43.4. The highest BCUT2D eigenvalue weighted by Gasteiger charge is 2.31. The van der Waals surface area contributed by atoms with Crippen LogP contribution < -0.4 is 18.5 Å². The number of hydrogen-bond donors (Lipinski definition) is 0. The van der Waals surface area contributed by atoms with Crippen LogP contribution in [0.4, 0.5) is 5.69 Å². The SMILES string of the molecule is COc1ccc(OCCCC(=O)N(c2ccc(OC)c(Cl)c2)S(=O)(=O)c2ccccc2)cc1. The maximum atomic E-state index is 13.3. The standard InChI is InChI=1S/C24H24ClNO6S/c1-30-19-11-13-20(14-12-19)32-16-6-9-24(27)26(18-10-15-23(31-2)22(25)17-18)33(28,29)21-7-4-3-5-8-21/h3-5,7-8,10-15,17H,6,9,16H2,1-2H3. The third kappa shape index (κ3) is 5.97. The Bertz CT molecular complexity index is 1180. The number of anilines is 1. The van der Waals surface area contributed by atoms with Crippen LogP contribution in [0.15, 0.2) is 77.7 Å². The Kier molecular flexibility index (Phi) is 8.19. The van der Waals surface area contributed by atoms with Crippen molar-refractivity contribution in [3.8, 4) is 17.2 Å². The van der Waals surface area contributed by atoms with Gasteiger partial charge < -0.3 is 14.2 Å². The van der Waals surface area contributed by atoms with Crippen molar-refractivity contribution < 1.29 is 27.4 Å². The van der Waals surface area contributed by atoms with Gasteiger partial charge in [0, 0.05) is 6.42 Å². The zero-order valence-corrected chi connectivity index (χ0v) is 19.8. The number of rotatable bonds is 10. The van der Waals surface area contributed by atoms with E-state index in [1.165, 1.54) is 37.4 Å².